The van der Waals surface area contributed by atoms with E-state index in [0.717, 1.165) is 18.8 Å². The number of ether oxygens (including phenoxy) is 1. The van der Waals surface area contributed by atoms with Crippen molar-refractivity contribution < 1.29 is 4.74 Å². The van der Waals surface area contributed by atoms with E-state index in [1.165, 1.54) is 0 Å². The maximum atomic E-state index is 6.04. The molecule has 0 amide bonds. The van der Waals surface area contributed by atoms with Gasteiger partial charge in [-0.1, -0.05) is 5.21 Å². The van der Waals surface area contributed by atoms with Crippen molar-refractivity contribution in [1.82, 2.24) is 19.9 Å². The van der Waals surface area contributed by atoms with E-state index < -0.39 is 0 Å². The average Bonchev–Trinajstić information content (AvgIpc) is 2.51. The van der Waals surface area contributed by atoms with E-state index in [9.17, 15) is 0 Å². The fraction of sp³-hybridized carbons (Fsp3) is 0.778. The standard InChI is InChI=1S/C9H17ClN4O/c1-13(4-8(10)7-15-3)5-9-6-14(2)12-11-9/h6,8H,4-5,7H2,1-3H3. The Morgan fingerprint density at radius 2 is 2.40 bits per heavy atom. The molecule has 0 bridgehead atoms. The Kier molecular flexibility index (Phi) is 5.01. The molecule has 1 unspecified atom stereocenters. The van der Waals surface area contributed by atoms with Gasteiger partial charge in [0.1, 0.15) is 0 Å². The van der Waals surface area contributed by atoms with Gasteiger partial charge in [0.25, 0.3) is 0 Å². The highest BCUT2D eigenvalue weighted by Crippen LogP contribution is 2.03. The van der Waals surface area contributed by atoms with Crippen LogP contribution in [-0.2, 0) is 18.3 Å². The fourth-order valence-electron chi connectivity index (χ4n) is 1.38. The summed E-state index contributed by atoms with van der Waals surface area (Å²) in [6, 6.07) is 0. The lowest BCUT2D eigenvalue weighted by atomic mass is 10.3. The monoisotopic (exact) mass is 232 g/mol. The van der Waals surface area contributed by atoms with E-state index in [4.69, 9.17) is 16.3 Å². The highest BCUT2D eigenvalue weighted by atomic mass is 35.5. The van der Waals surface area contributed by atoms with Gasteiger partial charge in [-0.15, -0.1) is 16.7 Å². The molecule has 5 nitrogen and oxygen atoms in total. The quantitative estimate of drug-likeness (QED) is 0.670. The first kappa shape index (κ1) is 12.4. The van der Waals surface area contributed by atoms with Crippen LogP contribution in [0.1, 0.15) is 5.69 Å². The van der Waals surface area contributed by atoms with E-state index in [0.29, 0.717) is 6.61 Å². The maximum absolute atomic E-state index is 6.04. The molecule has 1 rings (SSSR count). The molecule has 0 aliphatic heterocycles. The number of hydrogen-bond acceptors (Lipinski definition) is 4. The predicted molar refractivity (Wildman–Crippen MR) is 58.9 cm³/mol. The summed E-state index contributed by atoms with van der Waals surface area (Å²) < 4.78 is 6.66. The Labute approximate surface area is 95.0 Å². The molecule has 0 saturated carbocycles. The van der Waals surface area contributed by atoms with Crippen molar-refractivity contribution in [3.8, 4) is 0 Å². The molecule has 0 aliphatic rings. The minimum Gasteiger partial charge on any atom is -0.383 e. The van der Waals surface area contributed by atoms with Crippen molar-refractivity contribution in [3.05, 3.63) is 11.9 Å². The van der Waals surface area contributed by atoms with Crippen molar-refractivity contribution in [2.45, 2.75) is 11.9 Å². The smallest absolute Gasteiger partial charge is 0.0966 e. The largest absolute Gasteiger partial charge is 0.383 e. The number of methoxy groups -OCH3 is 1. The number of alkyl halides is 1. The molecular formula is C9H17ClN4O. The number of aryl methyl sites for hydroxylation is 1. The molecule has 0 spiro atoms. The third kappa shape index (κ3) is 4.59. The Morgan fingerprint density at radius 1 is 1.67 bits per heavy atom. The molecule has 1 heterocycles. The summed E-state index contributed by atoms with van der Waals surface area (Å²) in [4.78, 5) is 2.10. The molecule has 0 radical (unpaired) electrons. The van der Waals surface area contributed by atoms with Gasteiger partial charge in [0.05, 0.1) is 17.7 Å². The summed E-state index contributed by atoms with van der Waals surface area (Å²) in [5.41, 5.74) is 0.946. The highest BCUT2D eigenvalue weighted by molar-refractivity contribution is 6.20. The predicted octanol–water partition coefficient (Wildman–Crippen LogP) is 0.501. The van der Waals surface area contributed by atoms with Crippen molar-refractivity contribution >= 4 is 11.6 Å². The number of rotatable bonds is 6. The summed E-state index contributed by atoms with van der Waals surface area (Å²) in [5.74, 6) is 0. The van der Waals surface area contributed by atoms with E-state index in [2.05, 4.69) is 15.2 Å². The fourth-order valence-corrected chi connectivity index (χ4v) is 1.74. The molecule has 6 heteroatoms. The minimum absolute atomic E-state index is 0.0108. The van der Waals surface area contributed by atoms with Crippen LogP contribution in [0.5, 0.6) is 0 Å². The van der Waals surface area contributed by atoms with Gasteiger partial charge in [-0.3, -0.25) is 9.58 Å². The SMILES string of the molecule is COCC(Cl)CN(C)Cc1cn(C)nn1. The molecule has 0 aliphatic carbocycles. The van der Waals surface area contributed by atoms with Crippen LogP contribution in [0, 0.1) is 0 Å². The zero-order valence-corrected chi connectivity index (χ0v) is 10.1. The number of aromatic nitrogens is 3. The molecular weight excluding hydrogens is 216 g/mol. The molecule has 1 aromatic rings. The molecule has 0 fully saturated rings. The van der Waals surface area contributed by atoms with Gasteiger partial charge in [-0.25, -0.2) is 0 Å². The number of halogens is 1. The van der Waals surface area contributed by atoms with Crippen LogP contribution in [0.25, 0.3) is 0 Å². The van der Waals surface area contributed by atoms with Crippen LogP contribution >= 0.6 is 11.6 Å². The van der Waals surface area contributed by atoms with E-state index in [-0.39, 0.29) is 5.38 Å². The van der Waals surface area contributed by atoms with Crippen LogP contribution in [0.3, 0.4) is 0 Å². The summed E-state index contributed by atoms with van der Waals surface area (Å²) >= 11 is 6.04. The molecule has 1 atom stereocenters. The Hall–Kier alpha value is -0.650. The minimum atomic E-state index is 0.0108. The maximum Gasteiger partial charge on any atom is 0.0966 e. The van der Waals surface area contributed by atoms with E-state index in [1.807, 2.05) is 20.3 Å². The van der Waals surface area contributed by atoms with Crippen LogP contribution in [0.2, 0.25) is 0 Å². The normalized spacial score (nSPS) is 13.4. The molecule has 0 aromatic carbocycles. The molecule has 0 N–H and O–H groups in total. The van der Waals surface area contributed by atoms with Crippen molar-refractivity contribution in [3.63, 3.8) is 0 Å². The van der Waals surface area contributed by atoms with Gasteiger partial charge < -0.3 is 4.74 Å². The summed E-state index contributed by atoms with van der Waals surface area (Å²) in [6.45, 7) is 2.08. The Bertz CT molecular complexity index is 291. The Morgan fingerprint density at radius 3 is 2.93 bits per heavy atom. The van der Waals surface area contributed by atoms with Crippen LogP contribution < -0.4 is 0 Å². The van der Waals surface area contributed by atoms with Crippen molar-refractivity contribution in [1.29, 1.82) is 0 Å². The first-order chi connectivity index (χ1) is 7.11. The second-order valence-corrected chi connectivity index (χ2v) is 4.25. The second-order valence-electron chi connectivity index (χ2n) is 3.63. The van der Waals surface area contributed by atoms with Gasteiger partial charge in [0, 0.05) is 33.4 Å². The second kappa shape index (κ2) is 6.05. The van der Waals surface area contributed by atoms with Gasteiger partial charge in [0.2, 0.25) is 0 Å². The highest BCUT2D eigenvalue weighted by Gasteiger charge is 2.09. The lowest BCUT2D eigenvalue weighted by Gasteiger charge is -2.18. The summed E-state index contributed by atoms with van der Waals surface area (Å²) in [7, 11) is 5.50. The third-order valence-corrected chi connectivity index (χ3v) is 2.20. The van der Waals surface area contributed by atoms with E-state index in [1.54, 1.807) is 11.8 Å². The topological polar surface area (TPSA) is 43.2 Å². The first-order valence-electron chi connectivity index (χ1n) is 4.78. The van der Waals surface area contributed by atoms with Gasteiger partial charge >= 0.3 is 0 Å². The first-order valence-corrected chi connectivity index (χ1v) is 5.22. The van der Waals surface area contributed by atoms with Gasteiger partial charge in [-0.05, 0) is 7.05 Å². The lowest BCUT2D eigenvalue weighted by Crippen LogP contribution is -2.28. The summed E-state index contributed by atoms with van der Waals surface area (Å²) in [5, 5.41) is 7.88. The average molecular weight is 233 g/mol. The summed E-state index contributed by atoms with van der Waals surface area (Å²) in [6.07, 6.45) is 1.90. The van der Waals surface area contributed by atoms with E-state index >= 15 is 0 Å². The van der Waals surface area contributed by atoms with Crippen molar-refractivity contribution in [2.75, 3.05) is 27.3 Å². The number of hydrogen-bond donors (Lipinski definition) is 0. The third-order valence-electron chi connectivity index (χ3n) is 1.94. The van der Waals surface area contributed by atoms with Gasteiger partial charge in [0.15, 0.2) is 0 Å². The van der Waals surface area contributed by atoms with Crippen LogP contribution in [0.15, 0.2) is 6.20 Å². The van der Waals surface area contributed by atoms with Crippen LogP contribution in [0.4, 0.5) is 0 Å². The zero-order chi connectivity index (χ0) is 11.3. The zero-order valence-electron chi connectivity index (χ0n) is 9.35. The molecule has 1 aromatic heterocycles. The lowest BCUT2D eigenvalue weighted by molar-refractivity contribution is 0.181. The Balaban J connectivity index is 2.32. The molecule has 0 saturated heterocycles. The van der Waals surface area contributed by atoms with Crippen LogP contribution in [-0.4, -0.2) is 52.6 Å². The molecule has 86 valence electrons. The van der Waals surface area contributed by atoms with Crippen molar-refractivity contribution in [2.24, 2.45) is 7.05 Å². The molecule has 15 heavy (non-hydrogen) atoms. The number of nitrogens with zero attached hydrogens (tertiary/aromatic N) is 4. The van der Waals surface area contributed by atoms with Gasteiger partial charge in [-0.2, -0.15) is 0 Å².